The highest BCUT2D eigenvalue weighted by atomic mass is 16.5. The van der Waals surface area contributed by atoms with Crippen LogP contribution in [0.5, 0.6) is 0 Å². The maximum atomic E-state index is 12.7. The number of nitrogens with two attached hydrogens (primary N) is 1. The van der Waals surface area contributed by atoms with Gasteiger partial charge in [-0.25, -0.2) is 0 Å². The van der Waals surface area contributed by atoms with Gasteiger partial charge in [-0.15, -0.1) is 0 Å². The number of carbonyl (C=O) groups is 1. The lowest BCUT2D eigenvalue weighted by molar-refractivity contribution is -0.136. The predicted molar refractivity (Wildman–Crippen MR) is 101 cm³/mol. The van der Waals surface area contributed by atoms with Gasteiger partial charge in [0, 0.05) is 45.9 Å². The summed E-state index contributed by atoms with van der Waals surface area (Å²) in [4.78, 5) is 15.1. The third-order valence-corrected chi connectivity index (χ3v) is 5.50. The molecule has 0 radical (unpaired) electrons. The summed E-state index contributed by atoms with van der Waals surface area (Å²) in [5.41, 5.74) is 7.83. The summed E-state index contributed by atoms with van der Waals surface area (Å²) in [5.74, 6) is 0.0516. The van der Waals surface area contributed by atoms with E-state index in [9.17, 15) is 4.79 Å². The Kier molecular flexibility index (Phi) is 6.64. The fourth-order valence-corrected chi connectivity index (χ4v) is 3.79. The summed E-state index contributed by atoms with van der Waals surface area (Å²) in [6.07, 6.45) is 1.69. The number of hydrogen-bond donors (Lipinski definition) is 2. The van der Waals surface area contributed by atoms with Crippen LogP contribution in [0.4, 0.5) is 0 Å². The first-order valence-corrected chi connectivity index (χ1v) is 9.59. The van der Waals surface area contributed by atoms with Crippen LogP contribution in [0.1, 0.15) is 30.9 Å². The fourth-order valence-electron chi connectivity index (χ4n) is 3.79. The topological polar surface area (TPSA) is 76.8 Å². The van der Waals surface area contributed by atoms with Gasteiger partial charge in [0.1, 0.15) is 0 Å². The number of nitrogens with one attached hydrogen (secondary N) is 1. The molecular formula is C20H31N3O3. The zero-order chi connectivity index (χ0) is 18.4. The second-order valence-electron chi connectivity index (χ2n) is 7.52. The van der Waals surface area contributed by atoms with Gasteiger partial charge in [0.15, 0.2) is 0 Å². The number of morpholine rings is 1. The number of amides is 1. The molecule has 6 nitrogen and oxygen atoms in total. The smallest absolute Gasteiger partial charge is 0.227 e. The number of carbonyl (C=O) groups excluding carboxylic acids is 1. The van der Waals surface area contributed by atoms with Crippen LogP contribution in [0.3, 0.4) is 0 Å². The van der Waals surface area contributed by atoms with E-state index in [1.54, 1.807) is 0 Å². The zero-order valence-corrected chi connectivity index (χ0v) is 15.7. The van der Waals surface area contributed by atoms with Gasteiger partial charge in [0.05, 0.1) is 18.1 Å². The molecule has 2 heterocycles. The molecule has 0 aromatic heterocycles. The first kappa shape index (κ1) is 19.3. The van der Waals surface area contributed by atoms with Crippen molar-refractivity contribution in [2.45, 2.75) is 39.0 Å². The van der Waals surface area contributed by atoms with Crippen LogP contribution in [0.2, 0.25) is 0 Å². The van der Waals surface area contributed by atoms with Crippen LogP contribution in [0, 0.1) is 5.41 Å². The van der Waals surface area contributed by atoms with Gasteiger partial charge in [-0.2, -0.15) is 0 Å². The fraction of sp³-hybridized carbons (Fsp3) is 0.650. The molecule has 0 bridgehead atoms. The third kappa shape index (κ3) is 4.82. The summed E-state index contributed by atoms with van der Waals surface area (Å²) >= 11 is 0. The van der Waals surface area contributed by atoms with E-state index >= 15 is 0 Å². The lowest BCUT2D eigenvalue weighted by Crippen LogP contribution is -2.48. The number of benzene rings is 1. The summed E-state index contributed by atoms with van der Waals surface area (Å²) in [6.45, 7) is 7.87. The van der Waals surface area contributed by atoms with Crippen molar-refractivity contribution < 1.29 is 14.3 Å². The first-order valence-electron chi connectivity index (χ1n) is 9.59. The van der Waals surface area contributed by atoms with Crippen molar-refractivity contribution in [2.24, 2.45) is 11.1 Å². The van der Waals surface area contributed by atoms with Gasteiger partial charge >= 0.3 is 0 Å². The average molecular weight is 361 g/mol. The molecule has 1 atom stereocenters. The Morgan fingerprint density at radius 1 is 1.31 bits per heavy atom. The predicted octanol–water partition coefficient (Wildman–Crippen LogP) is 1.28. The lowest BCUT2D eigenvalue weighted by atomic mass is 9.79. The Labute approximate surface area is 156 Å². The van der Waals surface area contributed by atoms with E-state index in [2.05, 4.69) is 41.4 Å². The summed E-state index contributed by atoms with van der Waals surface area (Å²) in [5, 5.41) is 3.09. The van der Waals surface area contributed by atoms with E-state index in [0.717, 1.165) is 31.8 Å². The normalized spacial score (nSPS) is 23.5. The highest BCUT2D eigenvalue weighted by Crippen LogP contribution is 2.29. The van der Waals surface area contributed by atoms with Crippen molar-refractivity contribution in [1.82, 2.24) is 10.2 Å². The summed E-state index contributed by atoms with van der Waals surface area (Å²) < 4.78 is 11.0. The van der Waals surface area contributed by atoms with Gasteiger partial charge in [-0.1, -0.05) is 24.3 Å². The minimum absolute atomic E-state index is 0.0516. The van der Waals surface area contributed by atoms with Crippen LogP contribution >= 0.6 is 0 Å². The highest BCUT2D eigenvalue weighted by molar-refractivity contribution is 5.83. The van der Waals surface area contributed by atoms with Gasteiger partial charge in [-0.05, 0) is 30.9 Å². The van der Waals surface area contributed by atoms with Crippen LogP contribution in [-0.2, 0) is 27.4 Å². The number of ether oxygens (including phenoxy) is 2. The summed E-state index contributed by atoms with van der Waals surface area (Å²) in [6, 6.07) is 8.45. The molecule has 26 heavy (non-hydrogen) atoms. The Morgan fingerprint density at radius 3 is 2.81 bits per heavy atom. The molecule has 2 saturated heterocycles. The molecule has 0 saturated carbocycles. The molecule has 2 fully saturated rings. The molecule has 1 aromatic carbocycles. The minimum Gasteiger partial charge on any atom is -0.381 e. The molecule has 0 spiro atoms. The van der Waals surface area contributed by atoms with Crippen molar-refractivity contribution in [2.75, 3.05) is 39.5 Å². The molecule has 1 unspecified atom stereocenters. The average Bonchev–Trinajstić information content (AvgIpc) is 2.67. The number of nitrogens with zero attached hydrogens (tertiary/aromatic N) is 1. The van der Waals surface area contributed by atoms with E-state index in [-0.39, 0.29) is 12.0 Å². The van der Waals surface area contributed by atoms with Crippen LogP contribution < -0.4 is 11.1 Å². The van der Waals surface area contributed by atoms with Crippen molar-refractivity contribution in [3.63, 3.8) is 0 Å². The molecule has 2 aliphatic rings. The highest BCUT2D eigenvalue weighted by Gasteiger charge is 2.38. The SMILES string of the molecule is CC1CN(Cc2cccc(CNC(=O)C3(CN)CCOCC3)c2)CCO1. The van der Waals surface area contributed by atoms with E-state index < -0.39 is 5.41 Å². The largest absolute Gasteiger partial charge is 0.381 e. The van der Waals surface area contributed by atoms with Gasteiger partial charge in [0.25, 0.3) is 0 Å². The molecule has 3 rings (SSSR count). The molecule has 2 aliphatic heterocycles. The molecule has 3 N–H and O–H groups in total. The van der Waals surface area contributed by atoms with E-state index in [1.807, 2.05) is 0 Å². The maximum Gasteiger partial charge on any atom is 0.227 e. The molecule has 1 aromatic rings. The zero-order valence-electron chi connectivity index (χ0n) is 15.7. The summed E-state index contributed by atoms with van der Waals surface area (Å²) in [7, 11) is 0. The second kappa shape index (κ2) is 8.95. The Hall–Kier alpha value is -1.47. The lowest BCUT2D eigenvalue weighted by Gasteiger charge is -2.34. The molecule has 144 valence electrons. The Morgan fingerprint density at radius 2 is 2.08 bits per heavy atom. The van der Waals surface area contributed by atoms with Crippen molar-refractivity contribution >= 4 is 5.91 Å². The minimum atomic E-state index is -0.472. The van der Waals surface area contributed by atoms with E-state index in [1.165, 1.54) is 5.56 Å². The van der Waals surface area contributed by atoms with Crippen molar-refractivity contribution in [1.29, 1.82) is 0 Å². The van der Waals surface area contributed by atoms with Crippen LogP contribution in [0.25, 0.3) is 0 Å². The van der Waals surface area contributed by atoms with E-state index in [0.29, 0.717) is 39.1 Å². The van der Waals surface area contributed by atoms with E-state index in [4.69, 9.17) is 15.2 Å². The monoisotopic (exact) mass is 361 g/mol. The molecule has 6 heteroatoms. The standard InChI is InChI=1S/C20H31N3O3/c1-16-13-23(7-10-26-16)14-18-4-2-3-17(11-18)12-22-19(24)20(15-21)5-8-25-9-6-20/h2-4,11,16H,5-10,12-15,21H2,1H3,(H,22,24). The van der Waals surface area contributed by atoms with Gasteiger partial charge in [-0.3, -0.25) is 9.69 Å². The first-order chi connectivity index (χ1) is 12.6. The maximum absolute atomic E-state index is 12.7. The third-order valence-electron chi connectivity index (χ3n) is 5.50. The van der Waals surface area contributed by atoms with Gasteiger partial charge < -0.3 is 20.5 Å². The molecular weight excluding hydrogens is 330 g/mol. The number of rotatable bonds is 6. The quantitative estimate of drug-likeness (QED) is 0.798. The van der Waals surface area contributed by atoms with Crippen LogP contribution in [0.15, 0.2) is 24.3 Å². The Balaban J connectivity index is 1.55. The molecule has 0 aliphatic carbocycles. The number of hydrogen-bond acceptors (Lipinski definition) is 5. The Bertz CT molecular complexity index is 602. The van der Waals surface area contributed by atoms with Crippen LogP contribution in [-0.4, -0.2) is 56.4 Å². The van der Waals surface area contributed by atoms with Gasteiger partial charge in [0.2, 0.25) is 5.91 Å². The molecule has 1 amide bonds. The van der Waals surface area contributed by atoms with Crippen molar-refractivity contribution in [3.8, 4) is 0 Å². The van der Waals surface area contributed by atoms with Crippen molar-refractivity contribution in [3.05, 3.63) is 35.4 Å². The second-order valence-corrected chi connectivity index (χ2v) is 7.52.